The van der Waals surface area contributed by atoms with Gasteiger partial charge in [-0.1, -0.05) is 6.92 Å². The molecule has 4 nitrogen and oxygen atoms in total. The molecule has 1 N–H and O–H groups in total. The number of nitrogens with one attached hydrogen (secondary N) is 1. The molecule has 1 saturated heterocycles. The second-order valence-corrected chi connectivity index (χ2v) is 4.10. The molecular formula is C5H11NO3S. The Hall–Kier alpha value is -0.130. The molecule has 1 rings (SSSR count). The van der Waals surface area contributed by atoms with Gasteiger partial charge in [0.2, 0.25) is 10.0 Å². The maximum absolute atomic E-state index is 11.0. The van der Waals surface area contributed by atoms with Crippen LogP contribution in [-0.4, -0.2) is 26.5 Å². The van der Waals surface area contributed by atoms with E-state index in [4.69, 9.17) is 4.74 Å². The summed E-state index contributed by atoms with van der Waals surface area (Å²) in [6.07, 6.45) is -0.135. The molecule has 60 valence electrons. The van der Waals surface area contributed by atoms with Crippen LogP contribution in [0.3, 0.4) is 0 Å². The SMILES string of the molecule is CCNS(=O)(=O)C1OC1C. The van der Waals surface area contributed by atoms with Crippen LogP contribution >= 0.6 is 0 Å². The second kappa shape index (κ2) is 2.48. The van der Waals surface area contributed by atoms with E-state index in [0.717, 1.165) is 0 Å². The Morgan fingerprint density at radius 2 is 2.10 bits per heavy atom. The molecule has 0 spiro atoms. The van der Waals surface area contributed by atoms with Crippen LogP contribution in [0.5, 0.6) is 0 Å². The fourth-order valence-corrected chi connectivity index (χ4v) is 2.17. The molecule has 0 bridgehead atoms. The van der Waals surface area contributed by atoms with Crippen LogP contribution < -0.4 is 4.72 Å². The highest BCUT2D eigenvalue weighted by atomic mass is 32.2. The van der Waals surface area contributed by atoms with Gasteiger partial charge in [-0.05, 0) is 6.92 Å². The minimum Gasteiger partial charge on any atom is -0.351 e. The van der Waals surface area contributed by atoms with Crippen molar-refractivity contribution in [3.05, 3.63) is 0 Å². The van der Waals surface area contributed by atoms with Crippen LogP contribution in [0.15, 0.2) is 0 Å². The van der Waals surface area contributed by atoms with Crippen molar-refractivity contribution in [1.82, 2.24) is 4.72 Å². The second-order valence-electron chi connectivity index (χ2n) is 2.25. The summed E-state index contributed by atoms with van der Waals surface area (Å²) in [7, 11) is -3.16. The van der Waals surface area contributed by atoms with Crippen molar-refractivity contribution in [2.75, 3.05) is 6.54 Å². The predicted octanol–water partition coefficient (Wildman–Crippen LogP) is -0.330. The van der Waals surface area contributed by atoms with Crippen LogP contribution in [0, 0.1) is 0 Å². The molecule has 0 aromatic rings. The van der Waals surface area contributed by atoms with Gasteiger partial charge in [0.05, 0.1) is 6.10 Å². The van der Waals surface area contributed by atoms with Crippen molar-refractivity contribution in [3.63, 3.8) is 0 Å². The van der Waals surface area contributed by atoms with Crippen molar-refractivity contribution in [1.29, 1.82) is 0 Å². The first-order chi connectivity index (χ1) is 4.58. The Labute approximate surface area is 60.6 Å². The first kappa shape index (κ1) is 7.97. The van der Waals surface area contributed by atoms with Gasteiger partial charge in [-0.3, -0.25) is 0 Å². The highest BCUT2D eigenvalue weighted by molar-refractivity contribution is 7.90. The standard InChI is InChI=1S/C5H11NO3S/c1-3-6-10(7,8)5-4(2)9-5/h4-6H,3H2,1-2H3. The smallest absolute Gasteiger partial charge is 0.241 e. The maximum Gasteiger partial charge on any atom is 0.241 e. The summed E-state index contributed by atoms with van der Waals surface area (Å²) in [4.78, 5) is 0. The summed E-state index contributed by atoms with van der Waals surface area (Å²) in [6, 6.07) is 0. The maximum atomic E-state index is 11.0. The van der Waals surface area contributed by atoms with E-state index < -0.39 is 15.5 Å². The Balaban J connectivity index is 2.53. The van der Waals surface area contributed by atoms with Gasteiger partial charge >= 0.3 is 0 Å². The normalized spacial score (nSPS) is 32.2. The zero-order valence-corrected chi connectivity index (χ0v) is 6.81. The summed E-state index contributed by atoms with van der Waals surface area (Å²) in [6.45, 7) is 3.90. The van der Waals surface area contributed by atoms with Gasteiger partial charge in [0, 0.05) is 6.54 Å². The highest BCUT2D eigenvalue weighted by Crippen LogP contribution is 2.25. The minimum absolute atomic E-state index is 0.135. The van der Waals surface area contributed by atoms with Crippen molar-refractivity contribution >= 4 is 10.0 Å². The van der Waals surface area contributed by atoms with E-state index in [1.807, 2.05) is 0 Å². The fourth-order valence-electron chi connectivity index (χ4n) is 0.775. The van der Waals surface area contributed by atoms with Crippen molar-refractivity contribution in [2.45, 2.75) is 25.4 Å². The number of hydrogen-bond donors (Lipinski definition) is 1. The largest absolute Gasteiger partial charge is 0.351 e. The van der Waals surface area contributed by atoms with E-state index in [-0.39, 0.29) is 6.10 Å². The lowest BCUT2D eigenvalue weighted by Gasteiger charge is -1.97. The molecule has 5 heteroatoms. The van der Waals surface area contributed by atoms with Gasteiger partial charge in [-0.25, -0.2) is 13.1 Å². The summed E-state index contributed by atoms with van der Waals surface area (Å²) in [5.74, 6) is 0. The quantitative estimate of drug-likeness (QED) is 0.582. The van der Waals surface area contributed by atoms with Crippen LogP contribution in [-0.2, 0) is 14.8 Å². The van der Waals surface area contributed by atoms with E-state index in [0.29, 0.717) is 6.54 Å². The van der Waals surface area contributed by atoms with E-state index in [1.54, 1.807) is 13.8 Å². The molecule has 0 saturated carbocycles. The lowest BCUT2D eigenvalue weighted by molar-refractivity contribution is 0.404. The molecule has 0 amide bonds. The average Bonchev–Trinajstić information content (AvgIpc) is 2.46. The molecular weight excluding hydrogens is 154 g/mol. The molecule has 0 aromatic carbocycles. The zero-order valence-electron chi connectivity index (χ0n) is 5.99. The Bertz CT molecular complexity index is 211. The van der Waals surface area contributed by atoms with E-state index >= 15 is 0 Å². The molecule has 1 aliphatic heterocycles. The highest BCUT2D eigenvalue weighted by Gasteiger charge is 2.45. The molecule has 0 aliphatic carbocycles. The Kier molecular flexibility index (Phi) is 1.98. The van der Waals surface area contributed by atoms with Gasteiger partial charge in [0.15, 0.2) is 5.44 Å². The van der Waals surface area contributed by atoms with Crippen LogP contribution in [0.4, 0.5) is 0 Å². The molecule has 0 aromatic heterocycles. The number of ether oxygens (including phenoxy) is 1. The van der Waals surface area contributed by atoms with Crippen molar-refractivity contribution in [3.8, 4) is 0 Å². The first-order valence-corrected chi connectivity index (χ1v) is 4.76. The molecule has 1 heterocycles. The third-order valence-corrected chi connectivity index (χ3v) is 3.10. The van der Waals surface area contributed by atoms with E-state index in [2.05, 4.69) is 4.72 Å². The number of hydrogen-bond acceptors (Lipinski definition) is 3. The number of epoxide rings is 1. The summed E-state index contributed by atoms with van der Waals surface area (Å²) < 4.78 is 29.1. The van der Waals surface area contributed by atoms with Crippen molar-refractivity contribution in [2.24, 2.45) is 0 Å². The molecule has 0 radical (unpaired) electrons. The van der Waals surface area contributed by atoms with Crippen LogP contribution in [0.25, 0.3) is 0 Å². The van der Waals surface area contributed by atoms with E-state index in [1.165, 1.54) is 0 Å². The van der Waals surface area contributed by atoms with Crippen molar-refractivity contribution < 1.29 is 13.2 Å². The molecule has 1 aliphatic rings. The lowest BCUT2D eigenvalue weighted by atomic mass is 10.6. The fraction of sp³-hybridized carbons (Fsp3) is 1.00. The Morgan fingerprint density at radius 3 is 2.40 bits per heavy atom. The lowest BCUT2D eigenvalue weighted by Crippen LogP contribution is -2.28. The van der Waals surface area contributed by atoms with Gasteiger partial charge in [-0.2, -0.15) is 0 Å². The predicted molar refractivity (Wildman–Crippen MR) is 36.9 cm³/mol. The molecule has 2 atom stereocenters. The minimum atomic E-state index is -3.16. The third kappa shape index (κ3) is 1.47. The summed E-state index contributed by atoms with van der Waals surface area (Å²) in [5, 5.41) is 0. The van der Waals surface area contributed by atoms with Gasteiger partial charge in [-0.15, -0.1) is 0 Å². The van der Waals surface area contributed by atoms with Crippen LogP contribution in [0.1, 0.15) is 13.8 Å². The van der Waals surface area contributed by atoms with E-state index in [9.17, 15) is 8.42 Å². The van der Waals surface area contributed by atoms with Gasteiger partial charge < -0.3 is 4.74 Å². The summed E-state index contributed by atoms with van der Waals surface area (Å²) in [5.41, 5.74) is -0.604. The molecule has 1 fully saturated rings. The first-order valence-electron chi connectivity index (χ1n) is 3.22. The Morgan fingerprint density at radius 1 is 1.60 bits per heavy atom. The third-order valence-electron chi connectivity index (χ3n) is 1.31. The average molecular weight is 165 g/mol. The molecule has 10 heavy (non-hydrogen) atoms. The topological polar surface area (TPSA) is 58.7 Å². The number of sulfonamides is 1. The zero-order chi connectivity index (χ0) is 7.78. The monoisotopic (exact) mass is 165 g/mol. The van der Waals surface area contributed by atoms with Gasteiger partial charge in [0.1, 0.15) is 0 Å². The molecule has 2 unspecified atom stereocenters. The number of rotatable bonds is 3. The van der Waals surface area contributed by atoms with Crippen LogP contribution in [0.2, 0.25) is 0 Å². The summed E-state index contributed by atoms with van der Waals surface area (Å²) >= 11 is 0. The van der Waals surface area contributed by atoms with Gasteiger partial charge in [0.25, 0.3) is 0 Å².